The first-order chi connectivity index (χ1) is 9.97. The van der Waals surface area contributed by atoms with Crippen LogP contribution in [-0.2, 0) is 0 Å². The van der Waals surface area contributed by atoms with Gasteiger partial charge in [0.15, 0.2) is 5.76 Å². The van der Waals surface area contributed by atoms with Gasteiger partial charge in [-0.2, -0.15) is 0 Å². The van der Waals surface area contributed by atoms with E-state index in [0.717, 1.165) is 0 Å². The van der Waals surface area contributed by atoms with Crippen molar-refractivity contribution in [1.82, 2.24) is 5.32 Å². The van der Waals surface area contributed by atoms with Crippen molar-refractivity contribution in [2.75, 3.05) is 0 Å². The number of fused-ring (bicyclic) bond motifs is 1. The molecule has 0 saturated heterocycles. The first-order valence-electron chi connectivity index (χ1n) is 6.83. The maximum atomic E-state index is 13.2. The number of rotatable bonds is 2. The molecule has 5 nitrogen and oxygen atoms in total. The number of amides is 1. The predicted molar refractivity (Wildman–Crippen MR) is 73.4 cm³/mol. The van der Waals surface area contributed by atoms with Crippen LogP contribution in [0.25, 0.3) is 11.0 Å². The zero-order valence-electron chi connectivity index (χ0n) is 11.5. The molecule has 1 amide bonds. The lowest BCUT2D eigenvalue weighted by Crippen LogP contribution is -2.43. The Kier molecular flexibility index (Phi) is 3.43. The van der Waals surface area contributed by atoms with Crippen LogP contribution in [0, 0.1) is 12.7 Å². The highest BCUT2D eigenvalue weighted by Gasteiger charge is 2.35. The van der Waals surface area contributed by atoms with Crippen LogP contribution in [0.2, 0.25) is 0 Å². The number of carbonyl (C=O) groups is 1. The van der Waals surface area contributed by atoms with E-state index in [-0.39, 0.29) is 5.76 Å². The summed E-state index contributed by atoms with van der Waals surface area (Å²) in [7, 11) is 0. The van der Waals surface area contributed by atoms with Crippen LogP contribution in [0.1, 0.15) is 29.0 Å². The van der Waals surface area contributed by atoms with Gasteiger partial charge in [-0.25, -0.2) is 4.39 Å². The molecule has 1 aliphatic rings. The third kappa shape index (κ3) is 2.41. The highest BCUT2D eigenvalue weighted by Crippen LogP contribution is 2.27. The third-order valence-corrected chi connectivity index (χ3v) is 4.00. The summed E-state index contributed by atoms with van der Waals surface area (Å²) >= 11 is 0. The minimum Gasteiger partial charge on any atom is -0.451 e. The second-order valence-electron chi connectivity index (χ2n) is 5.41. The minimum atomic E-state index is -0.976. The molecule has 0 spiro atoms. The molecule has 112 valence electrons. The summed E-state index contributed by atoms with van der Waals surface area (Å²) in [4.78, 5) is 12.2. The molecule has 3 N–H and O–H groups in total. The lowest BCUT2D eigenvalue weighted by Gasteiger charge is -2.17. The van der Waals surface area contributed by atoms with Gasteiger partial charge in [0.05, 0.1) is 12.1 Å². The fourth-order valence-electron chi connectivity index (χ4n) is 2.76. The first kappa shape index (κ1) is 14.0. The van der Waals surface area contributed by atoms with Crippen molar-refractivity contribution in [2.45, 2.75) is 38.0 Å². The molecule has 0 bridgehead atoms. The number of aryl methyl sites for hydroxylation is 1. The maximum Gasteiger partial charge on any atom is 0.287 e. The van der Waals surface area contributed by atoms with E-state index >= 15 is 0 Å². The fourth-order valence-corrected chi connectivity index (χ4v) is 2.76. The van der Waals surface area contributed by atoms with Crippen molar-refractivity contribution in [2.24, 2.45) is 0 Å². The largest absolute Gasteiger partial charge is 0.451 e. The maximum absolute atomic E-state index is 13.2. The number of aliphatic hydroxyl groups excluding tert-OH is 2. The molecule has 0 radical (unpaired) electrons. The highest BCUT2D eigenvalue weighted by molar-refractivity contribution is 5.99. The molecule has 1 heterocycles. The van der Waals surface area contributed by atoms with E-state index in [9.17, 15) is 19.4 Å². The second kappa shape index (κ2) is 5.13. The number of aliphatic hydroxyl groups is 2. The van der Waals surface area contributed by atoms with E-state index in [1.807, 2.05) is 0 Å². The van der Waals surface area contributed by atoms with Crippen molar-refractivity contribution in [3.63, 3.8) is 0 Å². The zero-order valence-corrected chi connectivity index (χ0v) is 11.5. The van der Waals surface area contributed by atoms with Gasteiger partial charge >= 0.3 is 0 Å². The van der Waals surface area contributed by atoms with Crippen LogP contribution in [0.5, 0.6) is 0 Å². The Balaban J connectivity index is 1.86. The van der Waals surface area contributed by atoms with E-state index < -0.39 is 30.0 Å². The van der Waals surface area contributed by atoms with Crippen molar-refractivity contribution in [1.29, 1.82) is 0 Å². The summed E-state index contributed by atoms with van der Waals surface area (Å²) in [6, 6.07) is 3.56. The van der Waals surface area contributed by atoms with Crippen LogP contribution >= 0.6 is 0 Å². The predicted octanol–water partition coefficient (Wildman–Crippen LogP) is 1.49. The van der Waals surface area contributed by atoms with E-state index in [1.165, 1.54) is 18.2 Å². The van der Waals surface area contributed by atoms with Gasteiger partial charge in [-0.15, -0.1) is 0 Å². The molecule has 2 aromatic rings. The van der Waals surface area contributed by atoms with Crippen molar-refractivity contribution < 1.29 is 23.8 Å². The molecule has 1 aromatic carbocycles. The normalized spacial score (nSPS) is 25.4. The van der Waals surface area contributed by atoms with Gasteiger partial charge < -0.3 is 19.9 Å². The average Bonchev–Trinajstić information content (AvgIpc) is 2.94. The summed E-state index contributed by atoms with van der Waals surface area (Å²) in [5, 5.41) is 22.4. The lowest BCUT2D eigenvalue weighted by molar-refractivity contribution is 0.0294. The monoisotopic (exact) mass is 293 g/mol. The summed E-state index contributed by atoms with van der Waals surface area (Å²) in [6.45, 7) is 1.68. The van der Waals surface area contributed by atoms with Crippen molar-refractivity contribution in [3.05, 3.63) is 35.3 Å². The summed E-state index contributed by atoms with van der Waals surface area (Å²) in [5.74, 6) is -0.765. The van der Waals surface area contributed by atoms with Gasteiger partial charge in [0.2, 0.25) is 0 Å². The van der Waals surface area contributed by atoms with E-state index in [1.54, 1.807) is 6.92 Å². The second-order valence-corrected chi connectivity index (χ2v) is 5.41. The van der Waals surface area contributed by atoms with E-state index in [4.69, 9.17) is 4.42 Å². The van der Waals surface area contributed by atoms with Gasteiger partial charge in [0.1, 0.15) is 17.5 Å². The number of furan rings is 1. The quantitative estimate of drug-likeness (QED) is 0.783. The lowest BCUT2D eigenvalue weighted by atomic mass is 10.1. The van der Waals surface area contributed by atoms with Gasteiger partial charge in [-0.1, -0.05) is 0 Å². The van der Waals surface area contributed by atoms with E-state index in [2.05, 4.69) is 5.32 Å². The Labute approximate surface area is 120 Å². The Morgan fingerprint density at radius 2 is 2.14 bits per heavy atom. The first-order valence-corrected chi connectivity index (χ1v) is 6.83. The number of nitrogens with one attached hydrogen (secondary N) is 1. The number of hydrogen-bond acceptors (Lipinski definition) is 4. The Morgan fingerprint density at radius 3 is 2.81 bits per heavy atom. The average molecular weight is 293 g/mol. The van der Waals surface area contributed by atoms with E-state index in [0.29, 0.717) is 29.4 Å². The van der Waals surface area contributed by atoms with Crippen molar-refractivity contribution in [3.8, 4) is 0 Å². The number of halogens is 1. The Hall–Kier alpha value is -1.92. The highest BCUT2D eigenvalue weighted by atomic mass is 19.1. The number of carbonyl (C=O) groups excluding carboxylic acids is 1. The smallest absolute Gasteiger partial charge is 0.287 e. The standard InChI is InChI=1S/C15H16FNO4/c1-7-9-6-8(16)2-5-12(9)21-14(7)15(20)17-10-3-4-11(18)13(10)19/h2,5-6,10-11,13,18-19H,3-4H2,1H3,(H,17,20)/t10-,11-,13-/m1/s1. The number of benzene rings is 1. The van der Waals surface area contributed by atoms with Crippen molar-refractivity contribution >= 4 is 16.9 Å². The Morgan fingerprint density at radius 1 is 1.38 bits per heavy atom. The minimum absolute atomic E-state index is 0.101. The summed E-state index contributed by atoms with van der Waals surface area (Å²) in [6.07, 6.45) is -0.851. The van der Waals surface area contributed by atoms with Gasteiger partial charge in [-0.3, -0.25) is 4.79 Å². The zero-order chi connectivity index (χ0) is 15.1. The van der Waals surface area contributed by atoms with Gasteiger partial charge in [0.25, 0.3) is 5.91 Å². The molecule has 21 heavy (non-hydrogen) atoms. The molecule has 1 aromatic heterocycles. The molecule has 1 aliphatic carbocycles. The molecule has 1 saturated carbocycles. The molecule has 6 heteroatoms. The molecule has 3 atom stereocenters. The van der Waals surface area contributed by atoms with Crippen LogP contribution in [-0.4, -0.2) is 34.4 Å². The van der Waals surface area contributed by atoms with Gasteiger partial charge in [0, 0.05) is 10.9 Å². The number of hydrogen-bond donors (Lipinski definition) is 3. The third-order valence-electron chi connectivity index (χ3n) is 4.00. The van der Waals surface area contributed by atoms with Gasteiger partial charge in [-0.05, 0) is 38.0 Å². The SMILES string of the molecule is Cc1c(C(=O)N[C@@H]2CC[C@@H](O)[C@@H]2O)oc2ccc(F)cc12. The molecular weight excluding hydrogens is 277 g/mol. The molecular formula is C15H16FNO4. The Bertz CT molecular complexity index is 696. The van der Waals surface area contributed by atoms with Crippen LogP contribution < -0.4 is 5.32 Å². The van der Waals surface area contributed by atoms with Crippen LogP contribution in [0.4, 0.5) is 4.39 Å². The molecule has 0 unspecified atom stereocenters. The topological polar surface area (TPSA) is 82.7 Å². The summed E-state index contributed by atoms with van der Waals surface area (Å²) < 4.78 is 18.7. The fraction of sp³-hybridized carbons (Fsp3) is 0.400. The molecule has 1 fully saturated rings. The summed E-state index contributed by atoms with van der Waals surface area (Å²) in [5.41, 5.74) is 0.987. The van der Waals surface area contributed by atoms with Crippen LogP contribution in [0.15, 0.2) is 22.6 Å². The molecule has 3 rings (SSSR count). The molecule has 0 aliphatic heterocycles. The van der Waals surface area contributed by atoms with Crippen LogP contribution in [0.3, 0.4) is 0 Å².